The van der Waals surface area contributed by atoms with Crippen molar-refractivity contribution in [2.75, 3.05) is 12.0 Å². The van der Waals surface area contributed by atoms with E-state index in [2.05, 4.69) is 23.5 Å². The van der Waals surface area contributed by atoms with Gasteiger partial charge in [-0.25, -0.2) is 4.52 Å². The zero-order valence-corrected chi connectivity index (χ0v) is 15.6. The minimum absolute atomic E-state index is 0.420. The van der Waals surface area contributed by atoms with E-state index in [1.54, 1.807) is 22.5 Å². The highest BCUT2D eigenvalue weighted by Gasteiger charge is 2.52. The Morgan fingerprint density at radius 3 is 2.54 bits per heavy atom. The third-order valence-electron chi connectivity index (χ3n) is 4.92. The predicted molar refractivity (Wildman–Crippen MR) is 97.7 cm³/mol. The number of thioether (sulfide) groups is 1. The summed E-state index contributed by atoms with van der Waals surface area (Å²) in [6.07, 6.45) is 6.62. The number of hydrogen-bond donors (Lipinski definition) is 0. The van der Waals surface area contributed by atoms with Gasteiger partial charge in [-0.15, -0.1) is 0 Å². The van der Waals surface area contributed by atoms with Crippen LogP contribution in [0.25, 0.3) is 5.52 Å². The van der Waals surface area contributed by atoms with Gasteiger partial charge in [0.15, 0.2) is 0 Å². The molecule has 7 heteroatoms. The van der Waals surface area contributed by atoms with Crippen molar-refractivity contribution >= 4 is 29.9 Å². The molecule has 1 aliphatic rings. The van der Waals surface area contributed by atoms with Gasteiger partial charge < -0.3 is 9.31 Å². The van der Waals surface area contributed by atoms with Crippen LogP contribution in [0.5, 0.6) is 0 Å². The molecule has 0 radical (unpaired) electrons. The Morgan fingerprint density at radius 1 is 1.29 bits per heavy atom. The Balaban J connectivity index is 2.11. The highest BCUT2D eigenvalue weighted by Crippen LogP contribution is 2.37. The maximum absolute atomic E-state index is 9.42. The van der Waals surface area contributed by atoms with Gasteiger partial charge in [0.1, 0.15) is 6.07 Å². The number of fused-ring (bicyclic) bond motifs is 1. The van der Waals surface area contributed by atoms with Crippen LogP contribution in [-0.2, 0) is 15.7 Å². The van der Waals surface area contributed by atoms with Gasteiger partial charge in [-0.1, -0.05) is 6.07 Å². The van der Waals surface area contributed by atoms with Crippen molar-refractivity contribution in [3.8, 4) is 6.07 Å². The summed E-state index contributed by atoms with van der Waals surface area (Å²) in [5.41, 5.74) is 2.50. The van der Waals surface area contributed by atoms with Crippen molar-refractivity contribution in [3.63, 3.8) is 0 Å². The fourth-order valence-corrected chi connectivity index (χ4v) is 3.24. The van der Waals surface area contributed by atoms with E-state index in [0.29, 0.717) is 5.56 Å². The molecule has 0 bridgehead atoms. The molecule has 2 aromatic heterocycles. The molecule has 1 saturated heterocycles. The van der Waals surface area contributed by atoms with Crippen LogP contribution in [0.2, 0.25) is 0 Å². The number of pyridine rings is 1. The molecule has 0 spiro atoms. The van der Waals surface area contributed by atoms with Crippen LogP contribution in [0.4, 0.5) is 0 Å². The van der Waals surface area contributed by atoms with Gasteiger partial charge in [0.25, 0.3) is 0 Å². The molecular weight excluding hydrogens is 321 g/mol. The minimum Gasteiger partial charge on any atom is -0.399 e. The second-order valence-electron chi connectivity index (χ2n) is 7.10. The summed E-state index contributed by atoms with van der Waals surface area (Å²) in [4.78, 5) is 0. The van der Waals surface area contributed by atoms with Crippen molar-refractivity contribution in [2.45, 2.75) is 45.3 Å². The second-order valence-corrected chi connectivity index (χ2v) is 8.08. The van der Waals surface area contributed by atoms with E-state index >= 15 is 0 Å². The fraction of sp³-hybridized carbons (Fsp3) is 0.529. The molecule has 1 fully saturated rings. The largest absolute Gasteiger partial charge is 0.497 e. The Hall–Kier alpha value is -1.49. The van der Waals surface area contributed by atoms with Crippen molar-refractivity contribution in [2.24, 2.45) is 0 Å². The number of aromatic nitrogens is 2. The second kappa shape index (κ2) is 6.10. The Bertz CT molecular complexity index is 794. The lowest BCUT2D eigenvalue weighted by molar-refractivity contribution is 0.00578. The van der Waals surface area contributed by atoms with E-state index < -0.39 is 18.3 Å². The first-order chi connectivity index (χ1) is 11.3. The lowest BCUT2D eigenvalue weighted by atomic mass is 9.77. The molecule has 0 aliphatic carbocycles. The van der Waals surface area contributed by atoms with Gasteiger partial charge in [-0.05, 0) is 51.7 Å². The van der Waals surface area contributed by atoms with Crippen molar-refractivity contribution in [1.82, 2.24) is 9.61 Å². The third kappa shape index (κ3) is 2.83. The summed E-state index contributed by atoms with van der Waals surface area (Å²) < 4.78 is 14.2. The Labute approximate surface area is 147 Å². The molecule has 0 unspecified atom stereocenters. The molecule has 0 aromatic carbocycles. The molecule has 126 valence electrons. The molecule has 0 atom stereocenters. The summed E-state index contributed by atoms with van der Waals surface area (Å²) in [6.45, 7) is 8.12. The normalized spacial score (nSPS) is 18.9. The highest BCUT2D eigenvalue weighted by molar-refractivity contribution is 7.98. The lowest BCUT2D eigenvalue weighted by Gasteiger charge is -2.32. The van der Waals surface area contributed by atoms with Crippen molar-refractivity contribution in [3.05, 3.63) is 29.6 Å². The van der Waals surface area contributed by atoms with Crippen molar-refractivity contribution < 1.29 is 9.31 Å². The number of rotatable bonds is 4. The Morgan fingerprint density at radius 2 is 1.96 bits per heavy atom. The molecule has 0 amide bonds. The summed E-state index contributed by atoms with van der Waals surface area (Å²) in [5.74, 6) is 1.03. The molecule has 0 saturated carbocycles. The quantitative estimate of drug-likeness (QED) is 0.798. The maximum Gasteiger partial charge on any atom is 0.497 e. The standard InChI is InChI=1S/C17H22BN3O2S/c1-16(2)17(3,4)23-18(22-16)14-8-12(6-7-24-5)11-21-15(14)13(9-19)10-20-21/h8,10-11H,6-7H2,1-5H3. The van der Waals surface area contributed by atoms with Crippen LogP contribution in [0.15, 0.2) is 18.5 Å². The van der Waals surface area contributed by atoms with Crippen LogP contribution >= 0.6 is 11.8 Å². The monoisotopic (exact) mass is 343 g/mol. The number of nitrogens with zero attached hydrogens (tertiary/aromatic N) is 3. The maximum atomic E-state index is 9.42. The molecular formula is C17H22BN3O2S. The first kappa shape index (κ1) is 17.3. The van der Waals surface area contributed by atoms with E-state index in [-0.39, 0.29) is 0 Å². The highest BCUT2D eigenvalue weighted by atomic mass is 32.2. The third-order valence-corrected chi connectivity index (χ3v) is 5.53. The van der Waals surface area contributed by atoms with Crippen LogP contribution < -0.4 is 5.46 Å². The van der Waals surface area contributed by atoms with E-state index in [0.717, 1.165) is 28.7 Å². The van der Waals surface area contributed by atoms with Gasteiger partial charge in [0, 0.05) is 11.7 Å². The molecule has 1 aliphatic heterocycles. The average molecular weight is 343 g/mol. The van der Waals surface area contributed by atoms with Crippen LogP contribution in [-0.4, -0.2) is 39.9 Å². The summed E-state index contributed by atoms with van der Waals surface area (Å²) in [7, 11) is -0.504. The summed E-state index contributed by atoms with van der Waals surface area (Å²) in [6, 6.07) is 4.31. The van der Waals surface area contributed by atoms with Gasteiger partial charge in [-0.3, -0.25) is 0 Å². The minimum atomic E-state index is -0.504. The van der Waals surface area contributed by atoms with E-state index in [4.69, 9.17) is 9.31 Å². The van der Waals surface area contributed by atoms with Crippen LogP contribution in [0.1, 0.15) is 38.8 Å². The predicted octanol–water partition coefficient (Wildman–Crippen LogP) is 2.41. The van der Waals surface area contributed by atoms with Gasteiger partial charge in [0.2, 0.25) is 0 Å². The van der Waals surface area contributed by atoms with Crippen molar-refractivity contribution in [1.29, 1.82) is 5.26 Å². The molecule has 2 aromatic rings. The first-order valence-electron chi connectivity index (χ1n) is 8.04. The van der Waals surface area contributed by atoms with E-state index in [1.807, 2.05) is 33.9 Å². The number of aryl methyl sites for hydroxylation is 1. The lowest BCUT2D eigenvalue weighted by Crippen LogP contribution is -2.41. The average Bonchev–Trinajstić information content (AvgIpc) is 3.02. The molecule has 24 heavy (non-hydrogen) atoms. The number of hydrogen-bond acceptors (Lipinski definition) is 5. The van der Waals surface area contributed by atoms with Crippen LogP contribution in [0, 0.1) is 11.3 Å². The van der Waals surface area contributed by atoms with Gasteiger partial charge >= 0.3 is 7.12 Å². The zero-order valence-electron chi connectivity index (χ0n) is 14.8. The fourth-order valence-electron chi connectivity index (χ4n) is 2.80. The summed E-state index contributed by atoms with van der Waals surface area (Å²) >= 11 is 1.80. The zero-order chi connectivity index (χ0) is 17.5. The topological polar surface area (TPSA) is 59.5 Å². The summed E-state index contributed by atoms with van der Waals surface area (Å²) in [5, 5.41) is 13.8. The van der Waals surface area contributed by atoms with Gasteiger partial charge in [-0.2, -0.15) is 22.1 Å². The molecule has 5 nitrogen and oxygen atoms in total. The molecule has 3 heterocycles. The van der Waals surface area contributed by atoms with Gasteiger partial charge in [0.05, 0.1) is 28.5 Å². The number of nitriles is 1. The molecule has 0 N–H and O–H groups in total. The Kier molecular flexibility index (Phi) is 4.41. The SMILES string of the molecule is CSCCc1cc(B2OC(C)(C)C(C)(C)O2)c2c(C#N)cnn2c1. The van der Waals surface area contributed by atoms with E-state index in [9.17, 15) is 5.26 Å². The van der Waals surface area contributed by atoms with E-state index in [1.165, 1.54) is 0 Å². The first-order valence-corrected chi connectivity index (χ1v) is 9.43. The molecule has 3 rings (SSSR count). The smallest absolute Gasteiger partial charge is 0.399 e. The van der Waals surface area contributed by atoms with Crippen LogP contribution in [0.3, 0.4) is 0 Å².